The van der Waals surface area contributed by atoms with Gasteiger partial charge in [0.2, 0.25) is 5.91 Å². The van der Waals surface area contributed by atoms with Gasteiger partial charge in [-0.15, -0.1) is 0 Å². The van der Waals surface area contributed by atoms with Gasteiger partial charge in [0.25, 0.3) is 5.91 Å². The van der Waals surface area contributed by atoms with Crippen molar-refractivity contribution < 1.29 is 14.0 Å². The molecule has 0 radical (unpaired) electrons. The lowest BCUT2D eigenvalue weighted by molar-refractivity contribution is -0.120. The van der Waals surface area contributed by atoms with Crippen LogP contribution in [0.3, 0.4) is 0 Å². The summed E-state index contributed by atoms with van der Waals surface area (Å²) in [6.45, 7) is 0.580. The summed E-state index contributed by atoms with van der Waals surface area (Å²) in [4.78, 5) is 28.6. The van der Waals surface area contributed by atoms with E-state index in [4.69, 9.17) is 0 Å². The molecule has 8 heteroatoms. The highest BCUT2D eigenvalue weighted by molar-refractivity contribution is 7.98. The maximum Gasteiger partial charge on any atom is 0.251 e. The van der Waals surface area contributed by atoms with Crippen LogP contribution in [0.25, 0.3) is 5.69 Å². The number of nitrogens with one attached hydrogen (secondary N) is 2. The quantitative estimate of drug-likeness (QED) is 0.441. The molecule has 1 aromatic heterocycles. The molecule has 29 heavy (non-hydrogen) atoms. The summed E-state index contributed by atoms with van der Waals surface area (Å²) in [6.07, 6.45) is 5.59. The van der Waals surface area contributed by atoms with E-state index in [1.54, 1.807) is 30.5 Å². The van der Waals surface area contributed by atoms with Gasteiger partial charge >= 0.3 is 0 Å². The second-order valence-corrected chi connectivity index (χ2v) is 7.02. The second kappa shape index (κ2) is 9.88. The summed E-state index contributed by atoms with van der Waals surface area (Å²) in [5.41, 5.74) is 1.98. The van der Waals surface area contributed by atoms with Crippen LogP contribution in [0.4, 0.5) is 4.39 Å². The van der Waals surface area contributed by atoms with E-state index in [-0.39, 0.29) is 30.6 Å². The maximum absolute atomic E-state index is 13.1. The van der Waals surface area contributed by atoms with Crippen LogP contribution < -0.4 is 10.6 Å². The summed E-state index contributed by atoms with van der Waals surface area (Å²) in [7, 11) is 0. The van der Waals surface area contributed by atoms with Crippen molar-refractivity contribution in [2.24, 2.45) is 0 Å². The van der Waals surface area contributed by atoms with E-state index in [0.29, 0.717) is 17.7 Å². The molecule has 0 unspecified atom stereocenters. The SMILES string of the molecule is CSc1nccn1-c1cccc(C(=O)NCCNC(=O)Cc2cccc(F)c2)c1. The highest BCUT2D eigenvalue weighted by Gasteiger charge is 2.09. The smallest absolute Gasteiger partial charge is 0.251 e. The molecule has 2 N–H and O–H groups in total. The van der Waals surface area contributed by atoms with Crippen LogP contribution in [-0.4, -0.2) is 40.7 Å². The number of carbonyl (C=O) groups excluding carboxylic acids is 2. The van der Waals surface area contributed by atoms with Gasteiger partial charge in [-0.1, -0.05) is 30.0 Å². The van der Waals surface area contributed by atoms with Crippen molar-refractivity contribution in [2.75, 3.05) is 19.3 Å². The van der Waals surface area contributed by atoms with E-state index in [2.05, 4.69) is 15.6 Å². The van der Waals surface area contributed by atoms with Gasteiger partial charge < -0.3 is 10.6 Å². The molecule has 3 rings (SSSR count). The number of imidazole rings is 1. The summed E-state index contributed by atoms with van der Waals surface area (Å²) in [5.74, 6) is -0.821. The van der Waals surface area contributed by atoms with Crippen LogP contribution in [-0.2, 0) is 11.2 Å². The Labute approximate surface area is 172 Å². The van der Waals surface area contributed by atoms with Gasteiger partial charge in [-0.25, -0.2) is 9.37 Å². The standard InChI is InChI=1S/C21H21FN4O2S/c1-29-21-25-10-11-26(21)18-7-3-5-16(14-18)20(28)24-9-8-23-19(27)13-15-4-2-6-17(22)12-15/h2-7,10-12,14H,8-9,13H2,1H3,(H,23,27)(H,24,28). The molecule has 0 aliphatic heterocycles. The molecule has 2 amide bonds. The predicted molar refractivity (Wildman–Crippen MR) is 111 cm³/mol. The van der Waals surface area contributed by atoms with Crippen LogP contribution in [0.5, 0.6) is 0 Å². The number of carbonyl (C=O) groups is 2. The molecule has 1 heterocycles. The number of rotatable bonds is 8. The van der Waals surface area contributed by atoms with Crippen molar-refractivity contribution in [1.29, 1.82) is 0 Å². The third kappa shape index (κ3) is 5.68. The van der Waals surface area contributed by atoms with Gasteiger partial charge in [0.1, 0.15) is 5.82 Å². The Morgan fingerprint density at radius 2 is 1.90 bits per heavy atom. The molecule has 0 aliphatic rings. The van der Waals surface area contributed by atoms with Gasteiger partial charge in [0.15, 0.2) is 5.16 Å². The van der Waals surface area contributed by atoms with Crippen LogP contribution in [0.2, 0.25) is 0 Å². The minimum absolute atomic E-state index is 0.0937. The van der Waals surface area contributed by atoms with Crippen molar-refractivity contribution in [3.8, 4) is 5.69 Å². The topological polar surface area (TPSA) is 76.0 Å². The lowest BCUT2D eigenvalue weighted by atomic mass is 10.1. The summed E-state index contributed by atoms with van der Waals surface area (Å²) in [5, 5.41) is 6.34. The fourth-order valence-electron chi connectivity index (χ4n) is 2.81. The zero-order chi connectivity index (χ0) is 20.6. The van der Waals surface area contributed by atoms with E-state index < -0.39 is 0 Å². The third-order valence-corrected chi connectivity index (χ3v) is 4.83. The fourth-order valence-corrected chi connectivity index (χ4v) is 3.34. The summed E-state index contributed by atoms with van der Waals surface area (Å²) < 4.78 is 15.1. The average molecular weight is 412 g/mol. The highest BCUT2D eigenvalue weighted by atomic mass is 32.2. The Balaban J connectivity index is 1.48. The molecule has 2 aromatic carbocycles. The molecule has 0 aliphatic carbocycles. The molecule has 0 spiro atoms. The first-order chi connectivity index (χ1) is 14.1. The summed E-state index contributed by atoms with van der Waals surface area (Å²) in [6, 6.07) is 13.2. The number of halogens is 1. The number of amides is 2. The number of thioether (sulfide) groups is 1. The number of benzene rings is 2. The Bertz CT molecular complexity index is 1010. The maximum atomic E-state index is 13.1. The number of hydrogen-bond acceptors (Lipinski definition) is 4. The largest absolute Gasteiger partial charge is 0.354 e. The zero-order valence-corrected chi connectivity index (χ0v) is 16.7. The van der Waals surface area contributed by atoms with Gasteiger partial charge in [-0.2, -0.15) is 0 Å². The van der Waals surface area contributed by atoms with Crippen LogP contribution in [0.15, 0.2) is 66.1 Å². The minimum Gasteiger partial charge on any atom is -0.354 e. The summed E-state index contributed by atoms with van der Waals surface area (Å²) >= 11 is 1.52. The number of aromatic nitrogens is 2. The van der Waals surface area contributed by atoms with Gasteiger partial charge in [-0.3, -0.25) is 14.2 Å². The molecule has 3 aromatic rings. The number of nitrogens with zero attached hydrogens (tertiary/aromatic N) is 2. The predicted octanol–water partition coefficient (Wildman–Crippen LogP) is 2.82. The van der Waals surface area contributed by atoms with Gasteiger partial charge in [0, 0.05) is 36.7 Å². The second-order valence-electron chi connectivity index (χ2n) is 6.25. The molecular weight excluding hydrogens is 391 g/mol. The van der Waals surface area contributed by atoms with Crippen molar-refractivity contribution in [1.82, 2.24) is 20.2 Å². The van der Waals surface area contributed by atoms with E-state index in [0.717, 1.165) is 10.8 Å². The molecule has 6 nitrogen and oxygen atoms in total. The first-order valence-electron chi connectivity index (χ1n) is 9.04. The van der Waals surface area contributed by atoms with Gasteiger partial charge in [-0.05, 0) is 42.2 Å². The molecule has 0 saturated heterocycles. The lowest BCUT2D eigenvalue weighted by Crippen LogP contribution is -2.35. The Morgan fingerprint density at radius 3 is 2.69 bits per heavy atom. The van der Waals surface area contributed by atoms with E-state index in [9.17, 15) is 14.0 Å². The Morgan fingerprint density at radius 1 is 1.10 bits per heavy atom. The lowest BCUT2D eigenvalue weighted by Gasteiger charge is -2.10. The highest BCUT2D eigenvalue weighted by Crippen LogP contribution is 2.18. The monoisotopic (exact) mass is 412 g/mol. The van der Waals surface area contributed by atoms with Crippen LogP contribution in [0, 0.1) is 5.82 Å². The molecule has 150 valence electrons. The average Bonchev–Trinajstić information content (AvgIpc) is 3.20. The normalized spacial score (nSPS) is 10.6. The van der Waals surface area contributed by atoms with Crippen molar-refractivity contribution >= 4 is 23.6 Å². The minimum atomic E-state index is -0.370. The van der Waals surface area contributed by atoms with Crippen LogP contribution in [0.1, 0.15) is 15.9 Å². The zero-order valence-electron chi connectivity index (χ0n) is 15.9. The fraction of sp³-hybridized carbons (Fsp3) is 0.190. The molecule has 0 saturated carbocycles. The first kappa shape index (κ1) is 20.6. The Kier molecular flexibility index (Phi) is 7.02. The van der Waals surface area contributed by atoms with E-state index >= 15 is 0 Å². The van der Waals surface area contributed by atoms with Gasteiger partial charge in [0.05, 0.1) is 6.42 Å². The number of hydrogen-bond donors (Lipinski definition) is 2. The van der Waals surface area contributed by atoms with Crippen molar-refractivity contribution in [3.63, 3.8) is 0 Å². The van der Waals surface area contributed by atoms with E-state index in [1.807, 2.05) is 29.2 Å². The van der Waals surface area contributed by atoms with Crippen molar-refractivity contribution in [2.45, 2.75) is 11.6 Å². The third-order valence-electron chi connectivity index (χ3n) is 4.16. The van der Waals surface area contributed by atoms with E-state index in [1.165, 1.54) is 23.9 Å². The Hall–Kier alpha value is -3.13. The van der Waals surface area contributed by atoms with Crippen LogP contribution >= 0.6 is 11.8 Å². The molecule has 0 atom stereocenters. The molecular formula is C21H21FN4O2S. The van der Waals surface area contributed by atoms with Crippen molar-refractivity contribution in [3.05, 3.63) is 77.9 Å². The molecule has 0 bridgehead atoms. The first-order valence-corrected chi connectivity index (χ1v) is 10.3. The molecule has 0 fully saturated rings.